The van der Waals surface area contributed by atoms with Crippen LogP contribution in [0.5, 0.6) is 0 Å². The Bertz CT molecular complexity index is 2540. The monoisotopic (exact) mass is 589 g/mol. The molecular weight excluding hydrogens is 570 g/mol. The molecule has 0 amide bonds. The van der Waals surface area contributed by atoms with Gasteiger partial charge in [0.05, 0.1) is 10.6 Å². The van der Waals surface area contributed by atoms with E-state index in [1.807, 2.05) is 54.6 Å². The van der Waals surface area contributed by atoms with Crippen molar-refractivity contribution in [1.29, 1.82) is 0 Å². The van der Waals surface area contributed by atoms with Gasteiger partial charge in [0, 0.05) is 42.1 Å². The van der Waals surface area contributed by atoms with Crippen LogP contribution in [0.15, 0.2) is 126 Å². The van der Waals surface area contributed by atoms with Gasteiger partial charge in [0.25, 0.3) is 0 Å². The summed E-state index contributed by atoms with van der Waals surface area (Å²) < 4.78 is 8.79. The normalized spacial score (nSPS) is 11.8. The highest BCUT2D eigenvalue weighted by atomic mass is 35.5. The number of hydrogen-bond donors (Lipinski definition) is 0. The number of para-hydroxylation sites is 1. The Morgan fingerprint density at radius 2 is 1.14 bits per heavy atom. The predicted molar refractivity (Wildman–Crippen MR) is 179 cm³/mol. The SMILES string of the molecule is Clc1ccc(-c2nc(-c3cccc4ccccc34)nc(-c3cccc4c3sc3ccccc34)n2)c2oc3ccccc3c12. The molecule has 202 valence electrons. The van der Waals surface area contributed by atoms with Gasteiger partial charge < -0.3 is 4.42 Å². The molecule has 0 N–H and O–H groups in total. The number of benzene rings is 6. The van der Waals surface area contributed by atoms with Crippen LogP contribution in [-0.2, 0) is 0 Å². The summed E-state index contributed by atoms with van der Waals surface area (Å²) >= 11 is 8.51. The fraction of sp³-hybridized carbons (Fsp3) is 0. The summed E-state index contributed by atoms with van der Waals surface area (Å²) in [6.45, 7) is 0. The molecule has 3 heterocycles. The van der Waals surface area contributed by atoms with Gasteiger partial charge in [-0.3, -0.25) is 0 Å². The number of hydrogen-bond acceptors (Lipinski definition) is 5. The second kappa shape index (κ2) is 9.46. The number of halogens is 1. The minimum atomic E-state index is 0.534. The quantitative estimate of drug-likeness (QED) is 0.206. The molecule has 4 nitrogen and oxygen atoms in total. The third kappa shape index (κ3) is 3.79. The van der Waals surface area contributed by atoms with Gasteiger partial charge in [-0.2, -0.15) is 0 Å². The van der Waals surface area contributed by atoms with Crippen LogP contribution in [0.1, 0.15) is 0 Å². The fourth-order valence-corrected chi connectivity index (χ4v) is 7.51. The second-order valence-electron chi connectivity index (χ2n) is 10.5. The average Bonchev–Trinajstić information content (AvgIpc) is 3.64. The summed E-state index contributed by atoms with van der Waals surface area (Å²) in [6, 6.07) is 41.2. The third-order valence-electron chi connectivity index (χ3n) is 8.03. The minimum Gasteiger partial charge on any atom is -0.455 e. The first kappa shape index (κ1) is 24.5. The molecule has 9 aromatic rings. The summed E-state index contributed by atoms with van der Waals surface area (Å²) in [5, 5.41) is 7.08. The molecule has 6 heteroatoms. The van der Waals surface area contributed by atoms with E-state index in [0.29, 0.717) is 28.1 Å². The first-order valence-corrected chi connectivity index (χ1v) is 15.2. The van der Waals surface area contributed by atoms with E-state index in [-0.39, 0.29) is 0 Å². The third-order valence-corrected chi connectivity index (χ3v) is 9.56. The predicted octanol–water partition coefficient (Wildman–Crippen LogP) is 10.9. The highest BCUT2D eigenvalue weighted by Crippen LogP contribution is 2.42. The maximum atomic E-state index is 6.75. The van der Waals surface area contributed by atoms with Crippen molar-refractivity contribution in [2.24, 2.45) is 0 Å². The molecule has 0 aliphatic carbocycles. The Hall–Kier alpha value is -5.10. The van der Waals surface area contributed by atoms with E-state index in [4.69, 9.17) is 31.0 Å². The zero-order chi connectivity index (χ0) is 28.5. The van der Waals surface area contributed by atoms with Crippen molar-refractivity contribution in [3.63, 3.8) is 0 Å². The number of fused-ring (bicyclic) bond motifs is 7. The minimum absolute atomic E-state index is 0.534. The van der Waals surface area contributed by atoms with Gasteiger partial charge >= 0.3 is 0 Å². The average molecular weight is 590 g/mol. The largest absolute Gasteiger partial charge is 0.455 e. The van der Waals surface area contributed by atoms with Gasteiger partial charge in [-0.1, -0.05) is 103 Å². The Kier molecular flexibility index (Phi) is 5.39. The van der Waals surface area contributed by atoms with Gasteiger partial charge in [-0.25, -0.2) is 15.0 Å². The summed E-state index contributed by atoms with van der Waals surface area (Å²) in [5.74, 6) is 1.75. The molecule has 0 aliphatic heterocycles. The van der Waals surface area contributed by atoms with Crippen LogP contribution in [-0.4, -0.2) is 15.0 Å². The van der Waals surface area contributed by atoms with Gasteiger partial charge in [-0.15, -0.1) is 11.3 Å². The molecule has 0 radical (unpaired) electrons. The fourth-order valence-electron chi connectivity index (χ4n) is 6.04. The first-order valence-electron chi connectivity index (χ1n) is 14.0. The van der Waals surface area contributed by atoms with Crippen molar-refractivity contribution in [2.45, 2.75) is 0 Å². The van der Waals surface area contributed by atoms with E-state index in [9.17, 15) is 0 Å². The molecule has 0 bridgehead atoms. The highest BCUT2D eigenvalue weighted by molar-refractivity contribution is 7.26. The molecule has 0 aliphatic rings. The van der Waals surface area contributed by atoms with Gasteiger partial charge in [0.2, 0.25) is 0 Å². The van der Waals surface area contributed by atoms with Crippen LogP contribution in [0, 0.1) is 0 Å². The first-order chi connectivity index (χ1) is 21.2. The smallest absolute Gasteiger partial charge is 0.167 e. The summed E-state index contributed by atoms with van der Waals surface area (Å²) in [4.78, 5) is 15.4. The van der Waals surface area contributed by atoms with Crippen molar-refractivity contribution in [3.05, 3.63) is 126 Å². The van der Waals surface area contributed by atoms with Gasteiger partial charge in [0.1, 0.15) is 11.2 Å². The Labute approximate surface area is 254 Å². The molecule has 0 saturated heterocycles. The van der Waals surface area contributed by atoms with Crippen LogP contribution < -0.4 is 0 Å². The number of aromatic nitrogens is 3. The lowest BCUT2D eigenvalue weighted by molar-refractivity contribution is 0.669. The summed E-state index contributed by atoms with van der Waals surface area (Å²) in [6.07, 6.45) is 0. The zero-order valence-corrected chi connectivity index (χ0v) is 24.2. The lowest BCUT2D eigenvalue weighted by Crippen LogP contribution is -2.01. The zero-order valence-electron chi connectivity index (χ0n) is 22.6. The molecule has 0 atom stereocenters. The van der Waals surface area contributed by atoms with Crippen LogP contribution in [0.4, 0.5) is 0 Å². The molecule has 3 aromatic heterocycles. The molecule has 0 saturated carbocycles. The Morgan fingerprint density at radius 3 is 2.02 bits per heavy atom. The van der Waals surface area contributed by atoms with E-state index < -0.39 is 0 Å². The van der Waals surface area contributed by atoms with Crippen LogP contribution >= 0.6 is 22.9 Å². The van der Waals surface area contributed by atoms with E-state index in [1.54, 1.807) is 11.3 Å². The molecule has 0 spiro atoms. The standard InChI is InChI=1S/C37H20ClN3OS/c38-29-20-19-27(33-32(29)26-13-3-5-17-30(26)42-33)36-39-35(25-15-7-10-21-9-1-2-11-22(21)25)40-37(41-36)28-16-8-14-24-23-12-4-6-18-31(23)43-34(24)28/h1-20H. The highest BCUT2D eigenvalue weighted by Gasteiger charge is 2.21. The maximum Gasteiger partial charge on any atom is 0.167 e. The number of nitrogens with zero attached hydrogens (tertiary/aromatic N) is 3. The van der Waals surface area contributed by atoms with Crippen molar-refractivity contribution in [2.75, 3.05) is 0 Å². The molecule has 0 fully saturated rings. The van der Waals surface area contributed by atoms with E-state index in [0.717, 1.165) is 48.5 Å². The van der Waals surface area contributed by atoms with Gasteiger partial charge in [0.15, 0.2) is 17.5 Å². The lowest BCUT2D eigenvalue weighted by Gasteiger charge is -2.11. The van der Waals surface area contributed by atoms with E-state index in [1.165, 1.54) is 15.5 Å². The molecule has 6 aromatic carbocycles. The molecule has 0 unspecified atom stereocenters. The van der Waals surface area contributed by atoms with Gasteiger partial charge in [-0.05, 0) is 41.1 Å². The summed E-state index contributed by atoms with van der Waals surface area (Å²) in [7, 11) is 0. The molecular formula is C37H20ClN3OS. The van der Waals surface area contributed by atoms with Crippen molar-refractivity contribution < 1.29 is 4.42 Å². The summed E-state index contributed by atoms with van der Waals surface area (Å²) in [5.41, 5.74) is 4.12. The second-order valence-corrected chi connectivity index (χ2v) is 12.0. The van der Waals surface area contributed by atoms with E-state index >= 15 is 0 Å². The van der Waals surface area contributed by atoms with Crippen LogP contribution in [0.2, 0.25) is 5.02 Å². The van der Waals surface area contributed by atoms with Crippen molar-refractivity contribution in [3.8, 4) is 34.2 Å². The van der Waals surface area contributed by atoms with Crippen molar-refractivity contribution in [1.82, 2.24) is 15.0 Å². The number of furan rings is 1. The molecule has 9 rings (SSSR count). The van der Waals surface area contributed by atoms with Crippen LogP contribution in [0.25, 0.3) is 87.0 Å². The maximum absolute atomic E-state index is 6.75. The number of rotatable bonds is 3. The van der Waals surface area contributed by atoms with E-state index in [2.05, 4.69) is 66.7 Å². The lowest BCUT2D eigenvalue weighted by atomic mass is 10.0. The number of thiophene rings is 1. The van der Waals surface area contributed by atoms with Crippen LogP contribution in [0.3, 0.4) is 0 Å². The Morgan fingerprint density at radius 1 is 0.512 bits per heavy atom. The Balaban J connectivity index is 1.37. The molecule has 43 heavy (non-hydrogen) atoms. The topological polar surface area (TPSA) is 51.8 Å². The van der Waals surface area contributed by atoms with Crippen molar-refractivity contribution >= 4 is 75.8 Å².